The van der Waals surface area contributed by atoms with Crippen LogP contribution < -0.4 is 10.6 Å². The fraction of sp³-hybridized carbons (Fsp3) is 0.571. The average Bonchev–Trinajstić information content (AvgIpc) is 3.33. The Morgan fingerprint density at radius 3 is 2.72 bits per heavy atom. The Labute approximate surface area is 190 Å². The van der Waals surface area contributed by atoms with Gasteiger partial charge in [0.15, 0.2) is 5.96 Å². The zero-order valence-electron chi connectivity index (χ0n) is 17.5. The van der Waals surface area contributed by atoms with Crippen LogP contribution in [0.1, 0.15) is 38.4 Å². The molecule has 2 heterocycles. The van der Waals surface area contributed by atoms with Gasteiger partial charge in [-0.1, -0.05) is 12.1 Å². The van der Waals surface area contributed by atoms with Gasteiger partial charge in [0.25, 0.3) is 0 Å². The third kappa shape index (κ3) is 6.58. The van der Waals surface area contributed by atoms with Gasteiger partial charge in [0.2, 0.25) is 5.91 Å². The van der Waals surface area contributed by atoms with Crippen LogP contribution >= 0.6 is 24.0 Å². The summed E-state index contributed by atoms with van der Waals surface area (Å²) in [4.78, 5) is 23.4. The van der Waals surface area contributed by atoms with Crippen LogP contribution in [0.25, 0.3) is 11.0 Å². The molecule has 0 atom stereocenters. The molecule has 1 aromatic heterocycles. The first kappa shape index (κ1) is 23.4. The Hall–Kier alpha value is -1.84. The number of aromatic nitrogens is 2. The molecule has 0 saturated carbocycles. The lowest BCUT2D eigenvalue weighted by Crippen LogP contribution is -2.39. The lowest BCUT2D eigenvalue weighted by Gasteiger charge is -2.16. The molecule has 2 aromatic rings. The molecule has 1 aliphatic heterocycles. The van der Waals surface area contributed by atoms with Crippen molar-refractivity contribution in [2.45, 2.75) is 46.1 Å². The minimum Gasteiger partial charge on any atom is -0.357 e. The predicted octanol–water partition coefficient (Wildman–Crippen LogP) is 2.92. The fourth-order valence-corrected chi connectivity index (χ4v) is 3.65. The standard InChI is InChI=1S/C21H32N6O.HI/c1-3-22-21(24-13-11-20(28)26-14-6-7-15-26)23-12-8-16-27-17(2)25-18-9-4-5-10-19(18)27;/h4-5,9-10H,3,6-8,11-16H2,1-2H3,(H2,22,23,24);1H. The van der Waals surface area contributed by atoms with Crippen LogP contribution in [-0.4, -0.2) is 59.0 Å². The van der Waals surface area contributed by atoms with E-state index >= 15 is 0 Å². The molecule has 1 saturated heterocycles. The molecular formula is C21H33IN6O. The van der Waals surface area contributed by atoms with E-state index in [-0.39, 0.29) is 29.9 Å². The van der Waals surface area contributed by atoms with Gasteiger partial charge in [0, 0.05) is 45.7 Å². The molecule has 0 aliphatic carbocycles. The first-order valence-corrected chi connectivity index (χ1v) is 10.4. The molecule has 3 rings (SSSR count). The van der Waals surface area contributed by atoms with Crippen molar-refractivity contribution in [3.05, 3.63) is 30.1 Å². The van der Waals surface area contributed by atoms with E-state index in [1.165, 1.54) is 5.52 Å². The van der Waals surface area contributed by atoms with E-state index in [1.54, 1.807) is 0 Å². The van der Waals surface area contributed by atoms with E-state index in [0.29, 0.717) is 13.0 Å². The number of nitrogens with zero attached hydrogens (tertiary/aromatic N) is 4. The summed E-state index contributed by atoms with van der Waals surface area (Å²) < 4.78 is 2.25. The highest BCUT2D eigenvalue weighted by Gasteiger charge is 2.17. The van der Waals surface area contributed by atoms with Crippen molar-refractivity contribution in [3.8, 4) is 0 Å². The lowest BCUT2D eigenvalue weighted by atomic mass is 10.3. The quantitative estimate of drug-likeness (QED) is 0.247. The minimum absolute atomic E-state index is 0. The number of hydrogen-bond donors (Lipinski definition) is 2. The molecule has 1 amide bonds. The summed E-state index contributed by atoms with van der Waals surface area (Å²) in [5, 5.41) is 6.54. The average molecular weight is 512 g/mol. The molecule has 0 unspecified atom stereocenters. The largest absolute Gasteiger partial charge is 0.357 e. The molecule has 8 heteroatoms. The van der Waals surface area contributed by atoms with Crippen molar-refractivity contribution < 1.29 is 4.79 Å². The van der Waals surface area contributed by atoms with Crippen LogP contribution in [0.2, 0.25) is 0 Å². The number of benzene rings is 1. The number of hydrogen-bond acceptors (Lipinski definition) is 3. The Kier molecular flexibility index (Phi) is 9.69. The summed E-state index contributed by atoms with van der Waals surface area (Å²) in [6.07, 6.45) is 3.72. The van der Waals surface area contributed by atoms with Crippen LogP contribution in [0.3, 0.4) is 0 Å². The number of nitrogens with one attached hydrogen (secondary N) is 2. The Morgan fingerprint density at radius 1 is 1.21 bits per heavy atom. The number of fused-ring (bicyclic) bond motifs is 1. The van der Waals surface area contributed by atoms with Crippen molar-refractivity contribution in [1.29, 1.82) is 0 Å². The van der Waals surface area contributed by atoms with Gasteiger partial charge in [-0.15, -0.1) is 24.0 Å². The number of para-hydroxylation sites is 2. The van der Waals surface area contributed by atoms with Crippen molar-refractivity contribution >= 4 is 46.9 Å². The number of likely N-dealkylation sites (tertiary alicyclic amines) is 1. The van der Waals surface area contributed by atoms with E-state index < -0.39 is 0 Å². The highest BCUT2D eigenvalue weighted by molar-refractivity contribution is 14.0. The zero-order valence-corrected chi connectivity index (χ0v) is 19.8. The maximum absolute atomic E-state index is 12.1. The van der Waals surface area contributed by atoms with E-state index in [1.807, 2.05) is 30.9 Å². The zero-order chi connectivity index (χ0) is 19.8. The Bertz CT molecular complexity index is 813. The molecule has 160 valence electrons. The maximum atomic E-state index is 12.1. The molecule has 1 aliphatic rings. The van der Waals surface area contributed by atoms with Gasteiger partial charge in [-0.2, -0.15) is 0 Å². The normalized spacial score (nSPS) is 14.1. The molecule has 0 bridgehead atoms. The summed E-state index contributed by atoms with van der Waals surface area (Å²) in [5.74, 6) is 2.06. The van der Waals surface area contributed by atoms with Crippen molar-refractivity contribution in [3.63, 3.8) is 0 Å². The highest BCUT2D eigenvalue weighted by Crippen LogP contribution is 2.15. The second kappa shape index (κ2) is 12.0. The van der Waals surface area contributed by atoms with Gasteiger partial charge in [-0.25, -0.2) is 4.98 Å². The van der Waals surface area contributed by atoms with Gasteiger partial charge in [-0.05, 0) is 45.2 Å². The van der Waals surface area contributed by atoms with Crippen LogP contribution in [0, 0.1) is 6.92 Å². The van der Waals surface area contributed by atoms with Crippen molar-refractivity contribution in [2.75, 3.05) is 32.7 Å². The fourth-order valence-electron chi connectivity index (χ4n) is 3.65. The molecule has 1 aromatic carbocycles. The van der Waals surface area contributed by atoms with Crippen LogP contribution in [0.5, 0.6) is 0 Å². The summed E-state index contributed by atoms with van der Waals surface area (Å²) in [7, 11) is 0. The summed E-state index contributed by atoms with van der Waals surface area (Å²) in [5.41, 5.74) is 2.22. The number of carbonyl (C=O) groups is 1. The van der Waals surface area contributed by atoms with E-state index in [4.69, 9.17) is 0 Å². The summed E-state index contributed by atoms with van der Waals surface area (Å²) in [6.45, 7) is 8.96. The minimum atomic E-state index is 0. The van der Waals surface area contributed by atoms with Crippen molar-refractivity contribution in [1.82, 2.24) is 25.1 Å². The SMILES string of the molecule is CCNC(=NCCCn1c(C)nc2ccccc21)NCCC(=O)N1CCCC1.I. The van der Waals surface area contributed by atoms with E-state index in [0.717, 1.165) is 69.3 Å². The van der Waals surface area contributed by atoms with Crippen LogP contribution in [0.15, 0.2) is 29.3 Å². The first-order chi connectivity index (χ1) is 13.7. The van der Waals surface area contributed by atoms with Crippen LogP contribution in [-0.2, 0) is 11.3 Å². The molecule has 29 heavy (non-hydrogen) atoms. The van der Waals surface area contributed by atoms with Gasteiger partial charge in [0.1, 0.15) is 5.82 Å². The number of amides is 1. The number of rotatable bonds is 8. The smallest absolute Gasteiger partial charge is 0.224 e. The molecular weight excluding hydrogens is 479 g/mol. The van der Waals surface area contributed by atoms with E-state index in [9.17, 15) is 4.79 Å². The Morgan fingerprint density at radius 2 is 1.97 bits per heavy atom. The van der Waals surface area contributed by atoms with Crippen LogP contribution in [0.4, 0.5) is 0 Å². The summed E-state index contributed by atoms with van der Waals surface area (Å²) in [6, 6.07) is 8.23. The van der Waals surface area contributed by atoms with Crippen molar-refractivity contribution in [2.24, 2.45) is 4.99 Å². The number of aryl methyl sites for hydroxylation is 2. The number of aliphatic imine (C=N–C) groups is 1. The Balaban J connectivity index is 0.00000300. The number of carbonyl (C=O) groups excluding carboxylic acids is 1. The molecule has 0 radical (unpaired) electrons. The van der Waals surface area contributed by atoms with Gasteiger partial charge < -0.3 is 20.1 Å². The van der Waals surface area contributed by atoms with Gasteiger partial charge in [-0.3, -0.25) is 9.79 Å². The predicted molar refractivity (Wildman–Crippen MR) is 129 cm³/mol. The topological polar surface area (TPSA) is 74.5 Å². The number of imidazole rings is 1. The molecule has 1 fully saturated rings. The second-order valence-electron chi connectivity index (χ2n) is 7.18. The lowest BCUT2D eigenvalue weighted by molar-refractivity contribution is -0.129. The number of halogens is 1. The highest BCUT2D eigenvalue weighted by atomic mass is 127. The molecule has 7 nitrogen and oxygen atoms in total. The first-order valence-electron chi connectivity index (χ1n) is 10.4. The third-order valence-electron chi connectivity index (χ3n) is 5.09. The molecule has 0 spiro atoms. The third-order valence-corrected chi connectivity index (χ3v) is 5.09. The monoisotopic (exact) mass is 512 g/mol. The van der Waals surface area contributed by atoms with Gasteiger partial charge >= 0.3 is 0 Å². The number of guanidine groups is 1. The summed E-state index contributed by atoms with van der Waals surface area (Å²) >= 11 is 0. The maximum Gasteiger partial charge on any atom is 0.224 e. The van der Waals surface area contributed by atoms with Gasteiger partial charge in [0.05, 0.1) is 11.0 Å². The molecule has 2 N–H and O–H groups in total. The van der Waals surface area contributed by atoms with E-state index in [2.05, 4.69) is 37.3 Å². The second-order valence-corrected chi connectivity index (χ2v) is 7.18.